The Morgan fingerprint density at radius 3 is 2.75 bits per heavy atom. The Kier molecular flexibility index (Phi) is 2.71. The number of aliphatic hydroxyl groups excluding tert-OH is 1. The molecular weight excluding hydrogens is 206 g/mol. The topological polar surface area (TPSA) is 58.4 Å². The van der Waals surface area contributed by atoms with E-state index in [1.807, 2.05) is 31.5 Å². The fourth-order valence-corrected chi connectivity index (χ4v) is 1.99. The largest absolute Gasteiger partial charge is 0.391 e. The van der Waals surface area contributed by atoms with Crippen LogP contribution in [0.3, 0.4) is 0 Å². The Bertz CT molecular complexity index is 411. The molecule has 0 saturated carbocycles. The van der Waals surface area contributed by atoms with Crippen molar-refractivity contribution in [2.24, 2.45) is 0 Å². The van der Waals surface area contributed by atoms with Crippen LogP contribution < -0.4 is 4.90 Å². The molecule has 1 aromatic rings. The third kappa shape index (κ3) is 1.82. The monoisotopic (exact) mass is 223 g/mol. The van der Waals surface area contributed by atoms with Gasteiger partial charge in [-0.05, 0) is 20.8 Å². The van der Waals surface area contributed by atoms with Crippen LogP contribution in [0.4, 0.5) is 5.82 Å². The molecule has 16 heavy (non-hydrogen) atoms. The molecule has 1 saturated heterocycles. The summed E-state index contributed by atoms with van der Waals surface area (Å²) < 4.78 is 1.82. The molecule has 5 nitrogen and oxygen atoms in total. The molecule has 2 heterocycles. The molecule has 1 aromatic heterocycles. The second kappa shape index (κ2) is 3.90. The van der Waals surface area contributed by atoms with Gasteiger partial charge in [0.2, 0.25) is 5.91 Å². The standard InChI is InChI=1S/C11H17N3O2/c1-7(2)14-10(4-8(3)12-14)13-6-9(15)5-11(13)16/h4,7,9,15H,5-6H2,1-3H3. The fourth-order valence-electron chi connectivity index (χ4n) is 1.99. The fraction of sp³-hybridized carbons (Fsp3) is 0.636. The molecule has 1 N–H and O–H groups in total. The zero-order valence-electron chi connectivity index (χ0n) is 9.84. The van der Waals surface area contributed by atoms with E-state index in [1.54, 1.807) is 4.90 Å². The summed E-state index contributed by atoms with van der Waals surface area (Å²) in [5.74, 6) is 0.753. The predicted molar refractivity (Wildman–Crippen MR) is 60.3 cm³/mol. The molecule has 1 fully saturated rings. The van der Waals surface area contributed by atoms with Crippen LogP contribution in [0.2, 0.25) is 0 Å². The van der Waals surface area contributed by atoms with Crippen molar-refractivity contribution in [2.75, 3.05) is 11.4 Å². The third-order valence-corrected chi connectivity index (χ3v) is 2.71. The van der Waals surface area contributed by atoms with Crippen LogP contribution in [0, 0.1) is 6.92 Å². The first-order valence-corrected chi connectivity index (χ1v) is 5.53. The summed E-state index contributed by atoms with van der Waals surface area (Å²) in [5, 5.41) is 13.8. The quantitative estimate of drug-likeness (QED) is 0.809. The molecule has 2 rings (SSSR count). The van der Waals surface area contributed by atoms with E-state index in [0.717, 1.165) is 11.5 Å². The van der Waals surface area contributed by atoms with Crippen LogP contribution in [-0.2, 0) is 4.79 Å². The van der Waals surface area contributed by atoms with Crippen LogP contribution in [0.15, 0.2) is 6.07 Å². The van der Waals surface area contributed by atoms with E-state index in [1.165, 1.54) is 0 Å². The van der Waals surface area contributed by atoms with E-state index in [0.29, 0.717) is 6.54 Å². The minimum Gasteiger partial charge on any atom is -0.391 e. The highest BCUT2D eigenvalue weighted by molar-refractivity contribution is 5.95. The molecule has 0 bridgehead atoms. The Balaban J connectivity index is 2.36. The third-order valence-electron chi connectivity index (χ3n) is 2.71. The van der Waals surface area contributed by atoms with Crippen molar-refractivity contribution in [1.82, 2.24) is 9.78 Å². The van der Waals surface area contributed by atoms with Gasteiger partial charge in [-0.2, -0.15) is 5.10 Å². The van der Waals surface area contributed by atoms with Gasteiger partial charge < -0.3 is 5.11 Å². The lowest BCUT2D eigenvalue weighted by molar-refractivity contribution is -0.117. The van der Waals surface area contributed by atoms with Crippen LogP contribution in [0.1, 0.15) is 32.0 Å². The number of aromatic nitrogens is 2. The number of carbonyl (C=O) groups is 1. The van der Waals surface area contributed by atoms with Crippen LogP contribution in [0.25, 0.3) is 0 Å². The van der Waals surface area contributed by atoms with E-state index in [2.05, 4.69) is 5.10 Å². The molecule has 0 spiro atoms. The normalized spacial score (nSPS) is 21.2. The van der Waals surface area contributed by atoms with Crippen molar-refractivity contribution in [3.63, 3.8) is 0 Å². The molecule has 0 aliphatic carbocycles. The predicted octanol–water partition coefficient (Wildman–Crippen LogP) is 0.870. The van der Waals surface area contributed by atoms with Gasteiger partial charge in [-0.25, -0.2) is 4.68 Å². The van der Waals surface area contributed by atoms with Crippen molar-refractivity contribution in [2.45, 2.75) is 39.3 Å². The number of nitrogens with zero attached hydrogens (tertiary/aromatic N) is 3. The Morgan fingerprint density at radius 1 is 1.56 bits per heavy atom. The lowest BCUT2D eigenvalue weighted by Gasteiger charge is -2.19. The number of rotatable bonds is 2. The zero-order valence-corrected chi connectivity index (χ0v) is 9.84. The van der Waals surface area contributed by atoms with Gasteiger partial charge >= 0.3 is 0 Å². The first kappa shape index (κ1) is 11.1. The van der Waals surface area contributed by atoms with Gasteiger partial charge in [0.15, 0.2) is 0 Å². The number of hydrogen-bond acceptors (Lipinski definition) is 3. The molecule has 1 amide bonds. The molecule has 0 radical (unpaired) electrons. The second-order valence-corrected chi connectivity index (χ2v) is 4.54. The highest BCUT2D eigenvalue weighted by Crippen LogP contribution is 2.25. The van der Waals surface area contributed by atoms with E-state index in [4.69, 9.17) is 0 Å². The van der Waals surface area contributed by atoms with Gasteiger partial charge in [-0.15, -0.1) is 0 Å². The summed E-state index contributed by atoms with van der Waals surface area (Å²) >= 11 is 0. The van der Waals surface area contributed by atoms with Gasteiger partial charge in [-0.1, -0.05) is 0 Å². The van der Waals surface area contributed by atoms with Gasteiger partial charge in [0.1, 0.15) is 5.82 Å². The Morgan fingerprint density at radius 2 is 2.25 bits per heavy atom. The molecule has 1 aliphatic heterocycles. The molecule has 1 aliphatic rings. The van der Waals surface area contributed by atoms with E-state index in [9.17, 15) is 9.90 Å². The average Bonchev–Trinajstić information content (AvgIpc) is 2.69. The van der Waals surface area contributed by atoms with Gasteiger partial charge in [-0.3, -0.25) is 9.69 Å². The number of β-amino-alcohol motifs (C(OH)–C–C–N with tert-alkyl or cyclic N) is 1. The summed E-state index contributed by atoms with van der Waals surface area (Å²) in [6.45, 7) is 6.32. The highest BCUT2D eigenvalue weighted by Gasteiger charge is 2.31. The second-order valence-electron chi connectivity index (χ2n) is 4.54. The van der Waals surface area contributed by atoms with Gasteiger partial charge in [0.25, 0.3) is 0 Å². The highest BCUT2D eigenvalue weighted by atomic mass is 16.3. The Labute approximate surface area is 94.7 Å². The van der Waals surface area contributed by atoms with Crippen molar-refractivity contribution in [3.05, 3.63) is 11.8 Å². The summed E-state index contributed by atoms with van der Waals surface area (Å²) in [5.41, 5.74) is 0.887. The van der Waals surface area contributed by atoms with Crippen LogP contribution in [-0.4, -0.2) is 33.4 Å². The molecule has 88 valence electrons. The van der Waals surface area contributed by atoms with Crippen LogP contribution in [0.5, 0.6) is 0 Å². The number of carbonyl (C=O) groups excluding carboxylic acids is 1. The molecule has 1 atom stereocenters. The lowest BCUT2D eigenvalue weighted by Crippen LogP contribution is -2.28. The summed E-state index contributed by atoms with van der Waals surface area (Å²) in [4.78, 5) is 13.3. The van der Waals surface area contributed by atoms with Crippen molar-refractivity contribution < 1.29 is 9.90 Å². The summed E-state index contributed by atoms with van der Waals surface area (Å²) in [6, 6.07) is 2.09. The van der Waals surface area contributed by atoms with Crippen molar-refractivity contribution >= 4 is 11.7 Å². The van der Waals surface area contributed by atoms with E-state index in [-0.39, 0.29) is 18.4 Å². The number of amides is 1. The van der Waals surface area contributed by atoms with Gasteiger partial charge in [0.05, 0.1) is 24.8 Å². The number of aryl methyl sites for hydroxylation is 1. The number of aliphatic hydroxyl groups is 1. The van der Waals surface area contributed by atoms with Crippen molar-refractivity contribution in [1.29, 1.82) is 0 Å². The first-order valence-electron chi connectivity index (χ1n) is 5.53. The maximum absolute atomic E-state index is 11.7. The molecule has 1 unspecified atom stereocenters. The minimum atomic E-state index is -0.552. The summed E-state index contributed by atoms with van der Waals surface area (Å²) in [7, 11) is 0. The van der Waals surface area contributed by atoms with Crippen molar-refractivity contribution in [3.8, 4) is 0 Å². The van der Waals surface area contributed by atoms with E-state index < -0.39 is 6.10 Å². The number of hydrogen-bond donors (Lipinski definition) is 1. The SMILES string of the molecule is Cc1cc(N2CC(O)CC2=O)n(C(C)C)n1. The molecular formula is C11H17N3O2. The smallest absolute Gasteiger partial charge is 0.230 e. The van der Waals surface area contributed by atoms with Gasteiger partial charge in [0, 0.05) is 12.1 Å². The maximum atomic E-state index is 11.7. The zero-order chi connectivity index (χ0) is 11.9. The maximum Gasteiger partial charge on any atom is 0.230 e. The first-order chi connectivity index (χ1) is 7.49. The minimum absolute atomic E-state index is 0.0331. The number of anilines is 1. The average molecular weight is 223 g/mol. The molecule has 0 aromatic carbocycles. The van der Waals surface area contributed by atoms with E-state index >= 15 is 0 Å². The summed E-state index contributed by atoms with van der Waals surface area (Å²) in [6.07, 6.45) is -0.342. The lowest BCUT2D eigenvalue weighted by atomic mass is 10.3. The Hall–Kier alpha value is -1.36. The van der Waals surface area contributed by atoms with Crippen LogP contribution >= 0.6 is 0 Å². The molecule has 5 heteroatoms.